The van der Waals surface area contributed by atoms with Gasteiger partial charge in [-0.25, -0.2) is 4.72 Å². The van der Waals surface area contributed by atoms with E-state index in [-0.39, 0.29) is 18.9 Å². The van der Waals surface area contributed by atoms with Crippen LogP contribution in [0, 0.1) is 17.8 Å². The van der Waals surface area contributed by atoms with Crippen molar-refractivity contribution in [2.45, 2.75) is 34.1 Å². The van der Waals surface area contributed by atoms with Gasteiger partial charge < -0.3 is 5.11 Å². The number of carboxylic acid groups (broad SMARTS) is 1. The number of nitrogens with zero attached hydrogens (tertiary/aromatic N) is 1. The van der Waals surface area contributed by atoms with Gasteiger partial charge >= 0.3 is 5.97 Å². The number of nitrogens with one attached hydrogen (secondary N) is 1. The molecule has 0 rings (SSSR count). The topological polar surface area (TPSA) is 86.7 Å². The van der Waals surface area contributed by atoms with E-state index in [1.165, 1.54) is 7.05 Å². The molecule has 6 nitrogen and oxygen atoms in total. The largest absolute Gasteiger partial charge is 0.481 e. The van der Waals surface area contributed by atoms with E-state index >= 15 is 0 Å². The molecule has 0 amide bonds. The molecule has 2 N–H and O–H groups in total. The third kappa shape index (κ3) is 6.89. The number of rotatable bonds is 9. The summed E-state index contributed by atoms with van der Waals surface area (Å²) in [5.41, 5.74) is 0. The van der Waals surface area contributed by atoms with Crippen LogP contribution >= 0.6 is 0 Å². The highest BCUT2D eigenvalue weighted by Crippen LogP contribution is 2.19. The Morgan fingerprint density at radius 2 is 1.68 bits per heavy atom. The van der Waals surface area contributed by atoms with Crippen molar-refractivity contribution in [3.63, 3.8) is 0 Å². The van der Waals surface area contributed by atoms with E-state index < -0.39 is 16.2 Å². The number of hydrogen-bond donors (Lipinski definition) is 2. The molecule has 0 bridgehead atoms. The summed E-state index contributed by atoms with van der Waals surface area (Å²) in [6.07, 6.45) is -0.199. The third-order valence-corrected chi connectivity index (χ3v) is 4.80. The Morgan fingerprint density at radius 3 is 2.05 bits per heavy atom. The smallest absolute Gasteiger partial charge is 0.304 e. The first kappa shape index (κ1) is 18.3. The van der Waals surface area contributed by atoms with E-state index in [1.54, 1.807) is 0 Å². The second-order valence-corrected chi connectivity index (χ2v) is 7.33. The standard InChI is InChI=1S/C12H26N2O4S/c1-9(2)11(10(3)4)8-13-19(17,18)14(5)7-6-12(15)16/h9-11,13H,6-8H2,1-5H3,(H,15,16). The summed E-state index contributed by atoms with van der Waals surface area (Å²) in [5.74, 6) is 0.00554. The Morgan fingerprint density at radius 1 is 1.21 bits per heavy atom. The molecule has 0 aliphatic carbocycles. The van der Waals surface area contributed by atoms with Gasteiger partial charge in [0.05, 0.1) is 6.42 Å². The summed E-state index contributed by atoms with van der Waals surface area (Å²) in [7, 11) is -2.22. The van der Waals surface area contributed by atoms with Crippen molar-refractivity contribution in [2.24, 2.45) is 17.8 Å². The Bertz CT molecular complexity index is 371. The van der Waals surface area contributed by atoms with E-state index in [2.05, 4.69) is 32.4 Å². The second-order valence-electron chi connectivity index (χ2n) is 5.47. The zero-order valence-electron chi connectivity index (χ0n) is 12.4. The number of carboxylic acids is 1. The third-order valence-electron chi connectivity index (χ3n) is 3.26. The van der Waals surface area contributed by atoms with E-state index in [4.69, 9.17) is 5.11 Å². The van der Waals surface area contributed by atoms with Gasteiger partial charge in [-0.15, -0.1) is 0 Å². The molecule has 0 aliphatic heterocycles. The van der Waals surface area contributed by atoms with Gasteiger partial charge in [0.15, 0.2) is 0 Å². The summed E-state index contributed by atoms with van der Waals surface area (Å²) < 4.78 is 27.4. The van der Waals surface area contributed by atoms with Crippen molar-refractivity contribution >= 4 is 16.2 Å². The lowest BCUT2D eigenvalue weighted by Crippen LogP contribution is -2.42. The van der Waals surface area contributed by atoms with Crippen LogP contribution < -0.4 is 4.72 Å². The Labute approximate surface area is 116 Å². The number of hydrogen-bond acceptors (Lipinski definition) is 3. The summed E-state index contributed by atoms with van der Waals surface area (Å²) >= 11 is 0. The van der Waals surface area contributed by atoms with Crippen LogP contribution in [0.3, 0.4) is 0 Å². The average Bonchev–Trinajstić information content (AvgIpc) is 2.24. The summed E-state index contributed by atoms with van der Waals surface area (Å²) in [6.45, 7) is 8.59. The molecule has 19 heavy (non-hydrogen) atoms. The molecule has 0 saturated heterocycles. The van der Waals surface area contributed by atoms with Gasteiger partial charge in [0.2, 0.25) is 0 Å². The van der Waals surface area contributed by atoms with Crippen molar-refractivity contribution in [1.29, 1.82) is 0 Å². The molecule has 7 heteroatoms. The molecule has 0 spiro atoms. The van der Waals surface area contributed by atoms with Crippen LogP contribution in [0.2, 0.25) is 0 Å². The Hall–Kier alpha value is -0.660. The minimum absolute atomic E-state index is 0.0291. The molecule has 0 aromatic carbocycles. The molecule has 0 fully saturated rings. The van der Waals surface area contributed by atoms with Crippen LogP contribution in [0.5, 0.6) is 0 Å². The van der Waals surface area contributed by atoms with Gasteiger partial charge in [0.1, 0.15) is 0 Å². The van der Waals surface area contributed by atoms with Gasteiger partial charge in [-0.2, -0.15) is 12.7 Å². The Balaban J connectivity index is 4.47. The van der Waals surface area contributed by atoms with Crippen LogP contribution in [-0.2, 0) is 15.0 Å². The molecule has 0 radical (unpaired) electrons. The second kappa shape index (κ2) is 7.81. The molecular formula is C12H26N2O4S. The van der Waals surface area contributed by atoms with Crippen LogP contribution in [0.25, 0.3) is 0 Å². The molecule has 0 heterocycles. The first-order chi connectivity index (χ1) is 8.58. The van der Waals surface area contributed by atoms with E-state index in [1.807, 2.05) is 0 Å². The summed E-state index contributed by atoms with van der Waals surface area (Å²) in [5, 5.41) is 8.55. The average molecular weight is 294 g/mol. The van der Waals surface area contributed by atoms with Gasteiger partial charge in [-0.05, 0) is 17.8 Å². The molecule has 0 aromatic heterocycles. The first-order valence-electron chi connectivity index (χ1n) is 6.50. The number of aliphatic carboxylic acids is 1. The van der Waals surface area contributed by atoms with E-state index in [0.717, 1.165) is 4.31 Å². The van der Waals surface area contributed by atoms with Crippen molar-refractivity contribution in [3.05, 3.63) is 0 Å². The van der Waals surface area contributed by atoms with Crippen LogP contribution in [0.15, 0.2) is 0 Å². The van der Waals surface area contributed by atoms with Crippen molar-refractivity contribution in [1.82, 2.24) is 9.03 Å². The fraction of sp³-hybridized carbons (Fsp3) is 0.917. The molecule has 0 aromatic rings. The predicted molar refractivity (Wildman–Crippen MR) is 75.0 cm³/mol. The highest BCUT2D eigenvalue weighted by molar-refractivity contribution is 7.87. The number of carbonyl (C=O) groups is 1. The first-order valence-corrected chi connectivity index (χ1v) is 7.94. The maximum atomic E-state index is 11.9. The lowest BCUT2D eigenvalue weighted by Gasteiger charge is -2.26. The monoisotopic (exact) mass is 294 g/mol. The van der Waals surface area contributed by atoms with Gasteiger partial charge in [-0.3, -0.25) is 4.79 Å². The predicted octanol–water partition coefficient (Wildman–Crippen LogP) is 1.16. The normalized spacial score (nSPS) is 12.9. The van der Waals surface area contributed by atoms with Crippen LogP contribution in [0.1, 0.15) is 34.1 Å². The highest BCUT2D eigenvalue weighted by Gasteiger charge is 2.23. The molecule has 0 saturated carbocycles. The molecular weight excluding hydrogens is 268 g/mol. The summed E-state index contributed by atoms with van der Waals surface area (Å²) in [4.78, 5) is 10.4. The fourth-order valence-corrected chi connectivity index (χ4v) is 2.88. The van der Waals surface area contributed by atoms with Crippen LogP contribution in [0.4, 0.5) is 0 Å². The molecule has 0 unspecified atom stereocenters. The summed E-state index contributed by atoms with van der Waals surface area (Å²) in [6, 6.07) is 0. The van der Waals surface area contributed by atoms with Crippen molar-refractivity contribution in [2.75, 3.05) is 20.1 Å². The zero-order valence-corrected chi connectivity index (χ0v) is 13.2. The molecule has 0 atom stereocenters. The van der Waals surface area contributed by atoms with Gasteiger partial charge in [-0.1, -0.05) is 27.7 Å². The van der Waals surface area contributed by atoms with Crippen molar-refractivity contribution in [3.8, 4) is 0 Å². The Kier molecular flexibility index (Phi) is 7.54. The maximum Gasteiger partial charge on any atom is 0.304 e. The SMILES string of the molecule is CC(C)C(CNS(=O)(=O)N(C)CCC(=O)O)C(C)C. The zero-order chi connectivity index (χ0) is 15.2. The van der Waals surface area contributed by atoms with Gasteiger partial charge in [0.25, 0.3) is 10.2 Å². The van der Waals surface area contributed by atoms with Crippen molar-refractivity contribution < 1.29 is 18.3 Å². The van der Waals surface area contributed by atoms with E-state index in [9.17, 15) is 13.2 Å². The highest BCUT2D eigenvalue weighted by atomic mass is 32.2. The molecule has 114 valence electrons. The fourth-order valence-electron chi connectivity index (χ4n) is 1.93. The minimum atomic E-state index is -3.60. The van der Waals surface area contributed by atoms with E-state index in [0.29, 0.717) is 18.4 Å². The molecule has 0 aliphatic rings. The van der Waals surface area contributed by atoms with Crippen LogP contribution in [-0.4, -0.2) is 43.9 Å². The lowest BCUT2D eigenvalue weighted by molar-refractivity contribution is -0.137. The lowest BCUT2D eigenvalue weighted by atomic mass is 9.86. The minimum Gasteiger partial charge on any atom is -0.481 e. The van der Waals surface area contributed by atoms with Gasteiger partial charge in [0, 0.05) is 20.1 Å². The quantitative estimate of drug-likeness (QED) is 0.668. The maximum absolute atomic E-state index is 11.9.